The Hall–Kier alpha value is -2.14. The summed E-state index contributed by atoms with van der Waals surface area (Å²) in [6.45, 7) is 1.94. The first kappa shape index (κ1) is 15.4. The van der Waals surface area contributed by atoms with Crippen LogP contribution in [0, 0.1) is 6.92 Å². The summed E-state index contributed by atoms with van der Waals surface area (Å²) >= 11 is 0. The van der Waals surface area contributed by atoms with Crippen molar-refractivity contribution in [1.29, 1.82) is 0 Å². The van der Waals surface area contributed by atoms with Crippen LogP contribution in [0.3, 0.4) is 0 Å². The van der Waals surface area contributed by atoms with Gasteiger partial charge in [0.15, 0.2) is 12.0 Å². The van der Waals surface area contributed by atoms with Crippen molar-refractivity contribution in [1.82, 2.24) is 0 Å². The minimum atomic E-state index is -3.63. The number of sulfone groups is 1. The Kier molecular flexibility index (Phi) is 3.49. The summed E-state index contributed by atoms with van der Waals surface area (Å²) in [5.41, 5.74) is 2.23. The van der Waals surface area contributed by atoms with Gasteiger partial charge in [-0.15, -0.1) is 0 Å². The van der Waals surface area contributed by atoms with E-state index in [2.05, 4.69) is 4.99 Å². The molecule has 1 aliphatic heterocycles. The van der Waals surface area contributed by atoms with Crippen LogP contribution in [0.4, 0.5) is 0 Å². The molecule has 0 amide bonds. The standard InChI is InChI=1S/C19H19NO3S/c1-14-8-10-16(11-9-14)24(21,22)18-19(23-13-20-18)12-4-6-15-5-2-3-7-17(15)19/h2-3,5,7-11,13,18H,4,6,12H2,1H3/t18-,19-/m0/s1. The third kappa shape index (κ3) is 2.18. The molecule has 0 saturated carbocycles. The van der Waals surface area contributed by atoms with Gasteiger partial charge in [-0.25, -0.2) is 13.4 Å². The second kappa shape index (κ2) is 5.45. The molecule has 0 saturated heterocycles. The molecule has 0 fully saturated rings. The summed E-state index contributed by atoms with van der Waals surface area (Å²) in [7, 11) is -3.63. The molecule has 2 aromatic carbocycles. The fourth-order valence-corrected chi connectivity index (χ4v) is 5.54. The van der Waals surface area contributed by atoms with Crippen molar-refractivity contribution in [2.75, 3.05) is 0 Å². The predicted molar refractivity (Wildman–Crippen MR) is 92.8 cm³/mol. The number of benzene rings is 2. The molecule has 0 aromatic heterocycles. The lowest BCUT2D eigenvalue weighted by atomic mass is 9.79. The van der Waals surface area contributed by atoms with Gasteiger partial charge in [-0.05, 0) is 43.9 Å². The smallest absolute Gasteiger partial charge is 0.205 e. The molecule has 2 aromatic rings. The van der Waals surface area contributed by atoms with Crippen molar-refractivity contribution in [3.63, 3.8) is 0 Å². The molecular formula is C19H19NO3S. The fraction of sp³-hybridized carbons (Fsp3) is 0.316. The van der Waals surface area contributed by atoms with Gasteiger partial charge in [-0.2, -0.15) is 0 Å². The van der Waals surface area contributed by atoms with Gasteiger partial charge >= 0.3 is 0 Å². The molecule has 0 bridgehead atoms. The molecule has 1 spiro atoms. The molecule has 2 atom stereocenters. The Labute approximate surface area is 142 Å². The number of hydrogen-bond donors (Lipinski definition) is 0. The number of ether oxygens (including phenoxy) is 1. The normalized spacial score (nSPS) is 25.5. The van der Waals surface area contributed by atoms with E-state index in [0.717, 1.165) is 29.5 Å². The Balaban J connectivity index is 1.84. The van der Waals surface area contributed by atoms with E-state index in [9.17, 15) is 8.42 Å². The summed E-state index contributed by atoms with van der Waals surface area (Å²) in [4.78, 5) is 4.54. The molecule has 24 heavy (non-hydrogen) atoms. The van der Waals surface area contributed by atoms with E-state index in [-0.39, 0.29) is 0 Å². The van der Waals surface area contributed by atoms with Crippen LogP contribution in [0.5, 0.6) is 0 Å². The Morgan fingerprint density at radius 3 is 2.67 bits per heavy atom. The topological polar surface area (TPSA) is 55.7 Å². The quantitative estimate of drug-likeness (QED) is 0.841. The van der Waals surface area contributed by atoms with Crippen molar-refractivity contribution in [3.8, 4) is 0 Å². The van der Waals surface area contributed by atoms with Crippen LogP contribution < -0.4 is 0 Å². The summed E-state index contributed by atoms with van der Waals surface area (Å²) in [5, 5.41) is -0.936. The SMILES string of the molecule is Cc1ccc(S(=O)(=O)[C@@H]2N=CO[C@]23CCCc2ccccc23)cc1. The van der Waals surface area contributed by atoms with E-state index >= 15 is 0 Å². The largest absolute Gasteiger partial charge is 0.469 e. The number of nitrogens with zero attached hydrogens (tertiary/aromatic N) is 1. The van der Waals surface area contributed by atoms with Gasteiger partial charge in [0.1, 0.15) is 0 Å². The third-order valence-electron chi connectivity index (χ3n) is 4.97. The van der Waals surface area contributed by atoms with Crippen LogP contribution >= 0.6 is 0 Å². The minimum Gasteiger partial charge on any atom is -0.469 e. The lowest BCUT2D eigenvalue weighted by Gasteiger charge is -2.37. The zero-order chi connectivity index (χ0) is 16.8. The highest BCUT2D eigenvalue weighted by molar-refractivity contribution is 7.92. The number of rotatable bonds is 2. The Morgan fingerprint density at radius 2 is 1.88 bits per heavy atom. The molecule has 0 N–H and O–H groups in total. The summed E-state index contributed by atoms with van der Waals surface area (Å²) in [6.07, 6.45) is 3.80. The fourth-order valence-electron chi connectivity index (χ4n) is 3.75. The van der Waals surface area contributed by atoms with E-state index < -0.39 is 20.8 Å². The molecule has 124 valence electrons. The summed E-state index contributed by atoms with van der Waals surface area (Å²) in [6, 6.07) is 14.9. The highest BCUT2D eigenvalue weighted by Gasteiger charge is 2.54. The number of aryl methyl sites for hydroxylation is 2. The average molecular weight is 341 g/mol. The van der Waals surface area contributed by atoms with E-state index in [4.69, 9.17) is 4.74 Å². The minimum absolute atomic E-state index is 0.295. The van der Waals surface area contributed by atoms with Gasteiger partial charge in [0.2, 0.25) is 15.2 Å². The zero-order valence-electron chi connectivity index (χ0n) is 13.5. The molecule has 2 aliphatic rings. The second-order valence-corrected chi connectivity index (χ2v) is 8.49. The number of fused-ring (bicyclic) bond motifs is 2. The van der Waals surface area contributed by atoms with Crippen LogP contribution in [-0.4, -0.2) is 20.2 Å². The van der Waals surface area contributed by atoms with Crippen LogP contribution in [0.25, 0.3) is 0 Å². The molecule has 5 heteroatoms. The first-order valence-electron chi connectivity index (χ1n) is 8.12. The van der Waals surface area contributed by atoms with Crippen LogP contribution in [0.1, 0.15) is 29.5 Å². The van der Waals surface area contributed by atoms with Gasteiger partial charge in [0.05, 0.1) is 4.90 Å². The predicted octanol–water partition coefficient (Wildman–Crippen LogP) is 3.39. The molecule has 1 heterocycles. The van der Waals surface area contributed by atoms with Gasteiger partial charge in [0, 0.05) is 5.56 Å². The second-order valence-electron chi connectivity index (χ2n) is 6.48. The monoisotopic (exact) mass is 341 g/mol. The molecule has 4 nitrogen and oxygen atoms in total. The van der Waals surface area contributed by atoms with Crippen molar-refractivity contribution < 1.29 is 13.2 Å². The van der Waals surface area contributed by atoms with Crippen LogP contribution in [0.2, 0.25) is 0 Å². The molecule has 0 unspecified atom stereocenters. The van der Waals surface area contributed by atoms with Gasteiger partial charge < -0.3 is 4.74 Å². The van der Waals surface area contributed by atoms with Gasteiger partial charge in [0.25, 0.3) is 0 Å². The zero-order valence-corrected chi connectivity index (χ0v) is 14.3. The molecule has 4 rings (SSSR count). The van der Waals surface area contributed by atoms with Crippen molar-refractivity contribution in [3.05, 3.63) is 65.2 Å². The lowest BCUT2D eigenvalue weighted by Crippen LogP contribution is -2.44. The Bertz CT molecular complexity index is 902. The van der Waals surface area contributed by atoms with Crippen molar-refractivity contribution >= 4 is 16.2 Å². The van der Waals surface area contributed by atoms with Crippen LogP contribution in [0.15, 0.2) is 58.4 Å². The van der Waals surface area contributed by atoms with E-state index in [1.165, 1.54) is 6.40 Å². The van der Waals surface area contributed by atoms with Gasteiger partial charge in [-0.3, -0.25) is 0 Å². The van der Waals surface area contributed by atoms with Crippen LogP contribution in [-0.2, 0) is 26.6 Å². The summed E-state index contributed by atoms with van der Waals surface area (Å²) in [5.74, 6) is 0. The maximum Gasteiger partial charge on any atom is 0.205 e. The van der Waals surface area contributed by atoms with Gasteiger partial charge in [-0.1, -0.05) is 42.0 Å². The number of aliphatic imine (C=N–C) groups is 1. The summed E-state index contributed by atoms with van der Waals surface area (Å²) < 4.78 is 32.4. The van der Waals surface area contributed by atoms with E-state index in [1.54, 1.807) is 12.1 Å². The highest BCUT2D eigenvalue weighted by atomic mass is 32.2. The van der Waals surface area contributed by atoms with Crippen molar-refractivity contribution in [2.24, 2.45) is 4.99 Å². The third-order valence-corrected chi connectivity index (χ3v) is 6.99. The van der Waals surface area contributed by atoms with E-state index in [0.29, 0.717) is 11.3 Å². The highest BCUT2D eigenvalue weighted by Crippen LogP contribution is 2.47. The molecule has 0 radical (unpaired) electrons. The maximum absolute atomic E-state index is 13.2. The Morgan fingerprint density at radius 1 is 1.12 bits per heavy atom. The lowest BCUT2D eigenvalue weighted by molar-refractivity contribution is 0.0604. The van der Waals surface area contributed by atoms with E-state index in [1.807, 2.05) is 43.3 Å². The first-order valence-corrected chi connectivity index (χ1v) is 9.67. The number of hydrogen-bond acceptors (Lipinski definition) is 4. The maximum atomic E-state index is 13.2. The molecular weight excluding hydrogens is 322 g/mol. The average Bonchev–Trinajstić information content (AvgIpc) is 3.01. The first-order chi connectivity index (χ1) is 11.5. The van der Waals surface area contributed by atoms with Crippen molar-refractivity contribution in [2.45, 2.75) is 42.1 Å². The molecule has 1 aliphatic carbocycles.